The zero-order valence-corrected chi connectivity index (χ0v) is 11.2. The minimum absolute atomic E-state index is 0.180. The fraction of sp³-hybridized carbons (Fsp3) is 0.235. The van der Waals surface area contributed by atoms with Gasteiger partial charge in [-0.25, -0.2) is 4.79 Å². The highest BCUT2D eigenvalue weighted by Crippen LogP contribution is 2.35. The smallest absolute Gasteiger partial charge is 0.334 e. The molecule has 0 spiro atoms. The maximum atomic E-state index is 11.9. The number of hydrogen-bond donors (Lipinski definition) is 0. The quantitative estimate of drug-likeness (QED) is 0.761. The van der Waals surface area contributed by atoms with Crippen LogP contribution in [0.3, 0.4) is 0 Å². The van der Waals surface area contributed by atoms with Gasteiger partial charge in [-0.2, -0.15) is 0 Å². The standard InChI is InChI=1S/C17H16O2/c1-3-19-17(18)16-10-14-8-12-6-4-5-7-13(12)9-15(14)11(16)2/h4-9H,3,10H2,1-2H3. The van der Waals surface area contributed by atoms with E-state index >= 15 is 0 Å². The molecule has 0 N–H and O–H groups in total. The average Bonchev–Trinajstić information content (AvgIpc) is 2.74. The first kappa shape index (κ1) is 12.0. The molecular weight excluding hydrogens is 236 g/mol. The zero-order chi connectivity index (χ0) is 13.4. The van der Waals surface area contributed by atoms with E-state index in [9.17, 15) is 4.79 Å². The van der Waals surface area contributed by atoms with Crippen LogP contribution in [-0.4, -0.2) is 12.6 Å². The maximum Gasteiger partial charge on any atom is 0.334 e. The summed E-state index contributed by atoms with van der Waals surface area (Å²) >= 11 is 0. The Morgan fingerprint density at radius 1 is 1.21 bits per heavy atom. The number of carbonyl (C=O) groups excluding carboxylic acids is 1. The van der Waals surface area contributed by atoms with Gasteiger partial charge in [0.2, 0.25) is 0 Å². The second-order valence-electron chi connectivity index (χ2n) is 4.86. The molecule has 2 nitrogen and oxygen atoms in total. The van der Waals surface area contributed by atoms with Gasteiger partial charge in [0.15, 0.2) is 0 Å². The Labute approximate surface area is 112 Å². The number of esters is 1. The van der Waals surface area contributed by atoms with E-state index in [1.54, 1.807) is 0 Å². The number of ether oxygens (including phenoxy) is 1. The lowest BCUT2D eigenvalue weighted by molar-refractivity contribution is -0.138. The molecular formula is C17H16O2. The summed E-state index contributed by atoms with van der Waals surface area (Å²) in [6.07, 6.45) is 0.685. The molecule has 0 fully saturated rings. The van der Waals surface area contributed by atoms with Gasteiger partial charge in [-0.05, 0) is 47.4 Å². The molecule has 2 aromatic rings. The van der Waals surface area contributed by atoms with Gasteiger partial charge < -0.3 is 4.74 Å². The number of benzene rings is 2. The molecule has 96 valence electrons. The molecule has 0 bridgehead atoms. The molecule has 1 aliphatic carbocycles. The SMILES string of the molecule is CCOC(=O)C1=C(C)c2cc3ccccc3cc2C1. The monoisotopic (exact) mass is 252 g/mol. The van der Waals surface area contributed by atoms with Crippen LogP contribution in [0, 0.1) is 0 Å². The summed E-state index contributed by atoms with van der Waals surface area (Å²) in [7, 11) is 0. The first-order valence-electron chi connectivity index (χ1n) is 6.59. The minimum Gasteiger partial charge on any atom is -0.463 e. The highest BCUT2D eigenvalue weighted by molar-refractivity contribution is 6.02. The van der Waals surface area contributed by atoms with Crippen molar-refractivity contribution >= 4 is 22.3 Å². The number of carbonyl (C=O) groups is 1. The second-order valence-corrected chi connectivity index (χ2v) is 4.86. The van der Waals surface area contributed by atoms with Gasteiger partial charge in [0, 0.05) is 12.0 Å². The first-order chi connectivity index (χ1) is 9.20. The van der Waals surface area contributed by atoms with E-state index in [0.717, 1.165) is 11.1 Å². The Balaban J connectivity index is 2.09. The zero-order valence-electron chi connectivity index (χ0n) is 11.2. The van der Waals surface area contributed by atoms with Crippen LogP contribution >= 0.6 is 0 Å². The van der Waals surface area contributed by atoms with Crippen molar-refractivity contribution in [1.82, 2.24) is 0 Å². The summed E-state index contributed by atoms with van der Waals surface area (Å²) in [6, 6.07) is 12.6. The van der Waals surface area contributed by atoms with Crippen LogP contribution in [0.15, 0.2) is 42.0 Å². The largest absolute Gasteiger partial charge is 0.463 e. The van der Waals surface area contributed by atoms with Crippen LogP contribution in [0.25, 0.3) is 16.3 Å². The molecule has 0 radical (unpaired) electrons. The molecule has 1 aliphatic rings. The van der Waals surface area contributed by atoms with E-state index < -0.39 is 0 Å². The van der Waals surface area contributed by atoms with Crippen molar-refractivity contribution < 1.29 is 9.53 Å². The number of rotatable bonds is 2. The molecule has 3 rings (SSSR count). The Hall–Kier alpha value is -2.09. The molecule has 19 heavy (non-hydrogen) atoms. The summed E-state index contributed by atoms with van der Waals surface area (Å²) in [5.74, 6) is -0.180. The third kappa shape index (κ3) is 1.93. The van der Waals surface area contributed by atoms with Crippen LogP contribution in [0.4, 0.5) is 0 Å². The van der Waals surface area contributed by atoms with E-state index in [1.807, 2.05) is 26.0 Å². The fourth-order valence-corrected chi connectivity index (χ4v) is 2.71. The molecule has 2 aromatic carbocycles. The Bertz CT molecular complexity index is 695. The van der Waals surface area contributed by atoms with Crippen LogP contribution in [0.2, 0.25) is 0 Å². The summed E-state index contributed by atoms with van der Waals surface area (Å²) in [4.78, 5) is 11.9. The summed E-state index contributed by atoms with van der Waals surface area (Å²) in [5, 5.41) is 2.44. The molecule has 2 heteroatoms. The fourth-order valence-electron chi connectivity index (χ4n) is 2.71. The number of allylic oxidation sites excluding steroid dienone is 1. The Morgan fingerprint density at radius 2 is 1.89 bits per heavy atom. The molecule has 0 aromatic heterocycles. The van der Waals surface area contributed by atoms with Gasteiger partial charge in [0.25, 0.3) is 0 Å². The summed E-state index contributed by atoms with van der Waals surface area (Å²) in [6.45, 7) is 4.27. The third-order valence-corrected chi connectivity index (χ3v) is 3.72. The van der Waals surface area contributed by atoms with E-state index in [1.165, 1.54) is 21.9 Å². The summed E-state index contributed by atoms with van der Waals surface area (Å²) < 4.78 is 5.13. The van der Waals surface area contributed by atoms with E-state index in [4.69, 9.17) is 4.74 Å². The van der Waals surface area contributed by atoms with Crippen LogP contribution in [-0.2, 0) is 16.0 Å². The predicted molar refractivity (Wildman–Crippen MR) is 76.9 cm³/mol. The normalized spacial score (nSPS) is 13.8. The second kappa shape index (κ2) is 4.54. The van der Waals surface area contributed by atoms with Crippen molar-refractivity contribution in [2.24, 2.45) is 0 Å². The predicted octanol–water partition coefficient (Wildman–Crippen LogP) is 3.73. The molecule has 0 unspecified atom stereocenters. The van der Waals surface area contributed by atoms with Crippen molar-refractivity contribution in [2.75, 3.05) is 6.61 Å². The van der Waals surface area contributed by atoms with Crippen molar-refractivity contribution in [3.05, 3.63) is 53.1 Å². The van der Waals surface area contributed by atoms with Gasteiger partial charge in [-0.1, -0.05) is 30.3 Å². The lowest BCUT2D eigenvalue weighted by Crippen LogP contribution is -2.08. The average molecular weight is 252 g/mol. The Kier molecular flexibility index (Phi) is 2.86. The van der Waals surface area contributed by atoms with E-state index in [2.05, 4.69) is 24.3 Å². The molecule has 0 heterocycles. The van der Waals surface area contributed by atoms with Gasteiger partial charge in [0.1, 0.15) is 0 Å². The molecule has 0 atom stereocenters. The molecule has 0 saturated carbocycles. The summed E-state index contributed by atoms with van der Waals surface area (Å²) in [5.41, 5.74) is 4.26. The van der Waals surface area contributed by atoms with Crippen molar-refractivity contribution in [3.8, 4) is 0 Å². The molecule has 0 aliphatic heterocycles. The van der Waals surface area contributed by atoms with E-state index in [-0.39, 0.29) is 5.97 Å². The first-order valence-corrected chi connectivity index (χ1v) is 6.59. The third-order valence-electron chi connectivity index (χ3n) is 3.72. The van der Waals surface area contributed by atoms with Crippen LogP contribution in [0.5, 0.6) is 0 Å². The van der Waals surface area contributed by atoms with Crippen LogP contribution in [0.1, 0.15) is 25.0 Å². The van der Waals surface area contributed by atoms with Gasteiger partial charge in [0.05, 0.1) is 6.61 Å². The number of hydrogen-bond acceptors (Lipinski definition) is 2. The Morgan fingerprint density at radius 3 is 2.58 bits per heavy atom. The van der Waals surface area contributed by atoms with E-state index in [0.29, 0.717) is 13.0 Å². The number of fused-ring (bicyclic) bond motifs is 2. The molecule has 0 saturated heterocycles. The van der Waals surface area contributed by atoms with Crippen molar-refractivity contribution in [2.45, 2.75) is 20.3 Å². The van der Waals surface area contributed by atoms with Crippen molar-refractivity contribution in [3.63, 3.8) is 0 Å². The highest BCUT2D eigenvalue weighted by atomic mass is 16.5. The van der Waals surface area contributed by atoms with Gasteiger partial charge in [-0.3, -0.25) is 0 Å². The molecule has 0 amide bonds. The maximum absolute atomic E-state index is 11.9. The lowest BCUT2D eigenvalue weighted by atomic mass is 10.0. The van der Waals surface area contributed by atoms with Crippen molar-refractivity contribution in [1.29, 1.82) is 0 Å². The topological polar surface area (TPSA) is 26.3 Å². The van der Waals surface area contributed by atoms with Gasteiger partial charge in [-0.15, -0.1) is 0 Å². The van der Waals surface area contributed by atoms with Gasteiger partial charge >= 0.3 is 5.97 Å². The highest BCUT2D eigenvalue weighted by Gasteiger charge is 2.24. The minimum atomic E-state index is -0.180. The lowest BCUT2D eigenvalue weighted by Gasteiger charge is -2.04. The van der Waals surface area contributed by atoms with Crippen LogP contribution < -0.4 is 0 Å².